The summed E-state index contributed by atoms with van der Waals surface area (Å²) in [5.74, 6) is 0.553. The second kappa shape index (κ2) is 7.15. The van der Waals surface area contributed by atoms with Gasteiger partial charge >= 0.3 is 0 Å². The summed E-state index contributed by atoms with van der Waals surface area (Å²) in [6.07, 6.45) is 6.12. The number of nitrogens with zero attached hydrogens (tertiary/aromatic N) is 5. The summed E-state index contributed by atoms with van der Waals surface area (Å²) in [6.45, 7) is 0. The summed E-state index contributed by atoms with van der Waals surface area (Å²) in [6, 6.07) is 3.07. The van der Waals surface area contributed by atoms with Crippen LogP contribution in [0, 0.1) is 0 Å². The molecule has 0 unspecified atom stereocenters. The van der Waals surface area contributed by atoms with Gasteiger partial charge in [-0.25, -0.2) is 4.98 Å². The summed E-state index contributed by atoms with van der Waals surface area (Å²) in [7, 11) is 7.47. The van der Waals surface area contributed by atoms with Crippen LogP contribution in [-0.2, 0) is 11.8 Å². The van der Waals surface area contributed by atoms with Crippen molar-refractivity contribution in [3.05, 3.63) is 42.2 Å². The zero-order valence-electron chi connectivity index (χ0n) is 15.5. The van der Waals surface area contributed by atoms with E-state index < -0.39 is 0 Å². The minimum Gasteiger partial charge on any atom is -0.378 e. The number of likely N-dealkylation sites (N-methyl/N-ethyl adjacent to an activating group) is 1. The second-order valence-corrected chi connectivity index (χ2v) is 6.76. The van der Waals surface area contributed by atoms with Gasteiger partial charge in [-0.2, -0.15) is 0 Å². The molecule has 0 spiro atoms. The highest BCUT2D eigenvalue weighted by atomic mass is 16.2. The van der Waals surface area contributed by atoms with Crippen LogP contribution in [0.1, 0.15) is 35.2 Å². The fraction of sp³-hybridized carbons (Fsp3) is 0.444. The number of hydrogen-bond acceptors (Lipinski definition) is 5. The number of pyridine rings is 1. The van der Waals surface area contributed by atoms with Crippen LogP contribution in [0.25, 0.3) is 0 Å². The minimum atomic E-state index is -0.308. The number of imidazole rings is 1. The lowest BCUT2D eigenvalue weighted by Gasteiger charge is -2.38. The number of aromatic nitrogens is 3. The van der Waals surface area contributed by atoms with Gasteiger partial charge in [0.2, 0.25) is 5.91 Å². The molecule has 1 saturated heterocycles. The van der Waals surface area contributed by atoms with Gasteiger partial charge in [0.1, 0.15) is 17.6 Å². The Bertz CT molecular complexity index is 816. The first-order valence-electron chi connectivity index (χ1n) is 8.55. The third kappa shape index (κ3) is 3.40. The van der Waals surface area contributed by atoms with Crippen LogP contribution in [-0.4, -0.2) is 58.4 Å². The summed E-state index contributed by atoms with van der Waals surface area (Å²) >= 11 is 0. The van der Waals surface area contributed by atoms with E-state index in [4.69, 9.17) is 0 Å². The van der Waals surface area contributed by atoms with Gasteiger partial charge in [-0.05, 0) is 18.6 Å². The molecule has 2 amide bonds. The molecule has 3 rings (SSSR count). The van der Waals surface area contributed by atoms with Crippen molar-refractivity contribution in [3.8, 4) is 0 Å². The molecule has 0 radical (unpaired) electrons. The molecule has 0 aliphatic carbocycles. The van der Waals surface area contributed by atoms with E-state index in [1.807, 2.05) is 42.9 Å². The number of likely N-dealkylation sites (tertiary alicyclic amines) is 1. The van der Waals surface area contributed by atoms with Crippen LogP contribution < -0.4 is 10.2 Å². The fourth-order valence-corrected chi connectivity index (χ4v) is 3.27. The van der Waals surface area contributed by atoms with Crippen LogP contribution >= 0.6 is 0 Å². The molecular weight excluding hydrogens is 332 g/mol. The van der Waals surface area contributed by atoms with E-state index in [0.29, 0.717) is 18.5 Å². The molecule has 1 aliphatic heterocycles. The maximum absolute atomic E-state index is 12.8. The monoisotopic (exact) mass is 356 g/mol. The van der Waals surface area contributed by atoms with Crippen LogP contribution in [0.2, 0.25) is 0 Å². The molecule has 0 bridgehead atoms. The number of rotatable bonds is 4. The van der Waals surface area contributed by atoms with Crippen molar-refractivity contribution >= 4 is 17.5 Å². The third-order valence-corrected chi connectivity index (χ3v) is 4.79. The average molecular weight is 356 g/mol. The predicted octanol–water partition coefficient (Wildman–Crippen LogP) is 0.973. The zero-order valence-corrected chi connectivity index (χ0v) is 15.5. The van der Waals surface area contributed by atoms with Gasteiger partial charge in [0, 0.05) is 58.9 Å². The number of anilines is 1. The van der Waals surface area contributed by atoms with E-state index >= 15 is 0 Å². The number of carbonyl (C=O) groups excluding carboxylic acids is 2. The first kappa shape index (κ1) is 17.9. The topological polar surface area (TPSA) is 83.4 Å². The van der Waals surface area contributed by atoms with E-state index in [2.05, 4.69) is 15.3 Å². The number of nitrogens with one attached hydrogen (secondary N) is 1. The van der Waals surface area contributed by atoms with Gasteiger partial charge < -0.3 is 19.7 Å². The number of amides is 2. The maximum atomic E-state index is 12.8. The lowest BCUT2D eigenvalue weighted by molar-refractivity contribution is -0.136. The van der Waals surface area contributed by atoms with Crippen molar-refractivity contribution in [1.29, 1.82) is 0 Å². The minimum absolute atomic E-state index is 0.0521. The number of aryl methyl sites for hydroxylation is 1. The maximum Gasteiger partial charge on any atom is 0.270 e. The SMILES string of the molecule is CN(C)c1ccnc(C(=O)N[C@@H]2CCC(=O)N(C)[C@H]2c2nccn2C)c1. The van der Waals surface area contributed by atoms with Crippen LogP contribution in [0.15, 0.2) is 30.7 Å². The molecule has 1 fully saturated rings. The normalized spacial score (nSPS) is 20.2. The first-order chi connectivity index (χ1) is 12.4. The van der Waals surface area contributed by atoms with Gasteiger partial charge in [-0.3, -0.25) is 14.6 Å². The molecule has 3 heterocycles. The Balaban J connectivity index is 1.85. The molecule has 0 saturated carbocycles. The van der Waals surface area contributed by atoms with Crippen molar-refractivity contribution in [2.45, 2.75) is 24.9 Å². The molecule has 26 heavy (non-hydrogen) atoms. The number of carbonyl (C=O) groups is 2. The molecule has 0 aromatic carbocycles. The molecule has 138 valence electrons. The van der Waals surface area contributed by atoms with Gasteiger partial charge in [0.15, 0.2) is 0 Å². The molecule has 2 atom stereocenters. The van der Waals surface area contributed by atoms with Crippen LogP contribution in [0.5, 0.6) is 0 Å². The summed E-state index contributed by atoms with van der Waals surface area (Å²) in [5.41, 5.74) is 1.26. The highest BCUT2D eigenvalue weighted by molar-refractivity contribution is 5.93. The Morgan fingerprint density at radius 2 is 2.04 bits per heavy atom. The Kier molecular flexibility index (Phi) is 4.92. The number of hydrogen-bond donors (Lipinski definition) is 1. The van der Waals surface area contributed by atoms with E-state index in [1.165, 1.54) is 0 Å². The quantitative estimate of drug-likeness (QED) is 0.883. The Hall–Kier alpha value is -2.90. The van der Waals surface area contributed by atoms with E-state index in [1.54, 1.807) is 30.4 Å². The molecule has 2 aromatic heterocycles. The van der Waals surface area contributed by atoms with Crippen molar-refractivity contribution < 1.29 is 9.59 Å². The molecule has 1 N–H and O–H groups in total. The highest BCUT2D eigenvalue weighted by Gasteiger charge is 2.38. The van der Waals surface area contributed by atoms with Gasteiger partial charge in [-0.1, -0.05) is 0 Å². The van der Waals surface area contributed by atoms with E-state index in [-0.39, 0.29) is 23.9 Å². The van der Waals surface area contributed by atoms with Crippen molar-refractivity contribution in [1.82, 2.24) is 24.8 Å². The fourth-order valence-electron chi connectivity index (χ4n) is 3.27. The van der Waals surface area contributed by atoms with Crippen molar-refractivity contribution in [2.24, 2.45) is 7.05 Å². The average Bonchev–Trinajstić information content (AvgIpc) is 3.04. The lowest BCUT2D eigenvalue weighted by atomic mass is 9.95. The van der Waals surface area contributed by atoms with Crippen LogP contribution in [0.3, 0.4) is 0 Å². The Labute approximate surface area is 152 Å². The lowest BCUT2D eigenvalue weighted by Crippen LogP contribution is -2.51. The largest absolute Gasteiger partial charge is 0.378 e. The Morgan fingerprint density at radius 3 is 2.69 bits per heavy atom. The van der Waals surface area contributed by atoms with Gasteiger partial charge in [0.05, 0.1) is 6.04 Å². The molecule has 1 aliphatic rings. The first-order valence-corrected chi connectivity index (χ1v) is 8.55. The Morgan fingerprint density at radius 1 is 1.27 bits per heavy atom. The summed E-state index contributed by atoms with van der Waals surface area (Å²) in [5, 5.41) is 3.05. The third-order valence-electron chi connectivity index (χ3n) is 4.79. The van der Waals surface area contributed by atoms with Gasteiger partial charge in [0.25, 0.3) is 5.91 Å². The standard InChI is InChI=1S/C18H24N6O2/c1-22(2)12-7-8-19-14(11-12)18(26)21-13-5-6-15(25)24(4)16(13)17-20-9-10-23(17)3/h7-11,13,16H,5-6H2,1-4H3,(H,21,26)/t13-,16-/m1/s1. The molecule has 2 aromatic rings. The van der Waals surface area contributed by atoms with Gasteiger partial charge in [-0.15, -0.1) is 0 Å². The van der Waals surface area contributed by atoms with E-state index in [9.17, 15) is 9.59 Å². The smallest absolute Gasteiger partial charge is 0.270 e. The predicted molar refractivity (Wildman–Crippen MR) is 97.8 cm³/mol. The highest BCUT2D eigenvalue weighted by Crippen LogP contribution is 2.30. The molecule has 8 nitrogen and oxygen atoms in total. The zero-order chi connectivity index (χ0) is 18.8. The van der Waals surface area contributed by atoms with E-state index in [0.717, 1.165) is 11.5 Å². The van der Waals surface area contributed by atoms with Crippen LogP contribution in [0.4, 0.5) is 5.69 Å². The summed E-state index contributed by atoms with van der Waals surface area (Å²) < 4.78 is 1.88. The second-order valence-electron chi connectivity index (χ2n) is 6.76. The van der Waals surface area contributed by atoms with Crippen molar-refractivity contribution in [3.63, 3.8) is 0 Å². The van der Waals surface area contributed by atoms with Crippen molar-refractivity contribution in [2.75, 3.05) is 26.0 Å². The summed E-state index contributed by atoms with van der Waals surface area (Å²) in [4.78, 5) is 37.1. The number of piperidine rings is 1. The molecule has 8 heteroatoms. The molecular formula is C18H24N6O2.